The van der Waals surface area contributed by atoms with E-state index >= 15 is 0 Å². The van der Waals surface area contributed by atoms with E-state index in [9.17, 15) is 4.79 Å². The summed E-state index contributed by atoms with van der Waals surface area (Å²) in [5.74, 6) is 0.203. The van der Waals surface area contributed by atoms with Gasteiger partial charge in [0.15, 0.2) is 0 Å². The van der Waals surface area contributed by atoms with Gasteiger partial charge in [0.1, 0.15) is 0 Å². The van der Waals surface area contributed by atoms with Gasteiger partial charge in [0.25, 0.3) is 0 Å². The molecule has 0 aliphatic heterocycles. The molecule has 2 rings (SSSR count). The summed E-state index contributed by atoms with van der Waals surface area (Å²) in [6.45, 7) is 1.24. The largest absolute Gasteiger partial charge is 0.342 e. The Morgan fingerprint density at radius 3 is 3.07 bits per heavy atom. The van der Waals surface area contributed by atoms with Gasteiger partial charge in [0.2, 0.25) is 5.91 Å². The van der Waals surface area contributed by atoms with Crippen molar-refractivity contribution >= 4 is 17.2 Å². The number of thiophene rings is 1. The third-order valence-electron chi connectivity index (χ3n) is 2.64. The van der Waals surface area contributed by atoms with E-state index in [-0.39, 0.29) is 5.91 Å². The number of carbonyl (C=O) groups excluding carboxylic acids is 1. The van der Waals surface area contributed by atoms with Gasteiger partial charge in [-0.15, -0.1) is 11.3 Å². The van der Waals surface area contributed by atoms with Crippen LogP contribution in [0.5, 0.6) is 0 Å². The maximum Gasteiger partial charge on any atom is 0.236 e. The first-order chi connectivity index (χ1) is 7.27. The number of likely N-dealkylation sites (N-methyl/N-ethyl adjacent to an activating group) is 1. The Balaban J connectivity index is 1.67. The fraction of sp³-hybridized carbons (Fsp3) is 0.545. The lowest BCUT2D eigenvalue weighted by Gasteiger charge is -2.16. The van der Waals surface area contributed by atoms with Crippen LogP contribution >= 0.6 is 11.3 Å². The van der Waals surface area contributed by atoms with Crippen LogP contribution in [0.15, 0.2) is 17.5 Å². The van der Waals surface area contributed by atoms with Crippen molar-refractivity contribution in [1.82, 2.24) is 10.2 Å². The Labute approximate surface area is 94.1 Å². The minimum Gasteiger partial charge on any atom is -0.342 e. The summed E-state index contributed by atoms with van der Waals surface area (Å²) in [7, 11) is 1.90. The molecule has 0 radical (unpaired) electrons. The quantitative estimate of drug-likeness (QED) is 0.821. The molecule has 4 heteroatoms. The Morgan fingerprint density at radius 1 is 1.67 bits per heavy atom. The van der Waals surface area contributed by atoms with Gasteiger partial charge in [0.05, 0.1) is 6.54 Å². The highest BCUT2D eigenvalue weighted by molar-refractivity contribution is 7.09. The van der Waals surface area contributed by atoms with Gasteiger partial charge in [-0.3, -0.25) is 4.79 Å². The predicted octanol–water partition coefficient (Wildman–Crippen LogP) is 1.46. The lowest BCUT2D eigenvalue weighted by Crippen LogP contribution is -2.36. The number of nitrogens with zero attached hydrogens (tertiary/aromatic N) is 1. The molecule has 0 bridgehead atoms. The zero-order chi connectivity index (χ0) is 10.7. The molecule has 1 amide bonds. The van der Waals surface area contributed by atoms with E-state index in [1.807, 2.05) is 18.0 Å². The highest BCUT2D eigenvalue weighted by Crippen LogP contribution is 2.25. The highest BCUT2D eigenvalue weighted by Gasteiger charge is 2.28. The molecule has 1 heterocycles. The first kappa shape index (κ1) is 10.6. The molecule has 0 aromatic carbocycles. The fourth-order valence-electron chi connectivity index (χ4n) is 1.50. The molecular formula is C11H16N2OS. The van der Waals surface area contributed by atoms with E-state index in [2.05, 4.69) is 16.8 Å². The Bertz CT molecular complexity index is 319. The van der Waals surface area contributed by atoms with Crippen LogP contribution in [0.3, 0.4) is 0 Å². The predicted molar refractivity (Wildman–Crippen MR) is 61.8 cm³/mol. The fourth-order valence-corrected chi connectivity index (χ4v) is 2.17. The maximum absolute atomic E-state index is 11.6. The van der Waals surface area contributed by atoms with Crippen LogP contribution in [0.1, 0.15) is 17.7 Å². The number of hydrogen-bond acceptors (Lipinski definition) is 3. The average molecular weight is 224 g/mol. The van der Waals surface area contributed by atoms with Gasteiger partial charge in [0, 0.05) is 24.5 Å². The molecule has 0 spiro atoms. The van der Waals surface area contributed by atoms with Crippen LogP contribution in [0, 0.1) is 0 Å². The van der Waals surface area contributed by atoms with Crippen LogP contribution in [-0.2, 0) is 11.3 Å². The van der Waals surface area contributed by atoms with Gasteiger partial charge >= 0.3 is 0 Å². The summed E-state index contributed by atoms with van der Waals surface area (Å²) in [5.41, 5.74) is 0. The normalized spacial score (nSPS) is 15.3. The topological polar surface area (TPSA) is 32.3 Å². The molecule has 1 N–H and O–H groups in total. The minimum atomic E-state index is 0.203. The van der Waals surface area contributed by atoms with Crippen molar-refractivity contribution in [2.75, 3.05) is 13.6 Å². The first-order valence-corrected chi connectivity index (χ1v) is 6.14. The van der Waals surface area contributed by atoms with Crippen LogP contribution in [-0.4, -0.2) is 30.4 Å². The molecule has 15 heavy (non-hydrogen) atoms. The Morgan fingerprint density at radius 2 is 2.47 bits per heavy atom. The number of nitrogens with one attached hydrogen (secondary N) is 1. The van der Waals surface area contributed by atoms with Crippen molar-refractivity contribution in [3.8, 4) is 0 Å². The standard InChI is InChI=1S/C11H16N2OS/c1-13(9-4-5-9)11(14)8-12-7-10-3-2-6-15-10/h2-3,6,9,12H,4-5,7-8H2,1H3. The summed E-state index contributed by atoms with van der Waals surface area (Å²) >= 11 is 1.71. The summed E-state index contributed by atoms with van der Waals surface area (Å²) in [6, 6.07) is 4.62. The number of carbonyl (C=O) groups is 1. The maximum atomic E-state index is 11.6. The first-order valence-electron chi connectivity index (χ1n) is 5.26. The summed E-state index contributed by atoms with van der Waals surface area (Å²) in [6.07, 6.45) is 2.35. The molecule has 1 aromatic heterocycles. The smallest absolute Gasteiger partial charge is 0.236 e. The molecule has 1 saturated carbocycles. The molecule has 1 aliphatic carbocycles. The molecule has 3 nitrogen and oxygen atoms in total. The molecule has 1 fully saturated rings. The third kappa shape index (κ3) is 3.04. The molecule has 0 unspecified atom stereocenters. The molecule has 1 aliphatic rings. The van der Waals surface area contributed by atoms with Crippen molar-refractivity contribution in [2.45, 2.75) is 25.4 Å². The zero-order valence-corrected chi connectivity index (χ0v) is 9.72. The van der Waals surface area contributed by atoms with Crippen LogP contribution < -0.4 is 5.32 Å². The Kier molecular flexibility index (Phi) is 3.38. The van der Waals surface area contributed by atoms with Gasteiger partial charge in [-0.05, 0) is 24.3 Å². The summed E-state index contributed by atoms with van der Waals surface area (Å²) < 4.78 is 0. The second-order valence-electron chi connectivity index (χ2n) is 3.92. The van der Waals surface area contributed by atoms with E-state index in [1.165, 1.54) is 17.7 Å². The Hall–Kier alpha value is -0.870. The number of hydrogen-bond donors (Lipinski definition) is 1. The van der Waals surface area contributed by atoms with Gasteiger partial charge in [-0.25, -0.2) is 0 Å². The van der Waals surface area contributed by atoms with E-state index in [1.54, 1.807) is 11.3 Å². The van der Waals surface area contributed by atoms with Gasteiger partial charge in [-0.2, -0.15) is 0 Å². The molecular weight excluding hydrogens is 208 g/mol. The van der Waals surface area contributed by atoms with Crippen molar-refractivity contribution in [2.24, 2.45) is 0 Å². The van der Waals surface area contributed by atoms with Crippen LogP contribution in [0.2, 0.25) is 0 Å². The highest BCUT2D eigenvalue weighted by atomic mass is 32.1. The number of amides is 1. The minimum absolute atomic E-state index is 0.203. The second kappa shape index (κ2) is 4.77. The molecule has 1 aromatic rings. The molecule has 0 saturated heterocycles. The SMILES string of the molecule is CN(C(=O)CNCc1cccs1)C1CC1. The average Bonchev–Trinajstić information content (AvgIpc) is 2.96. The molecule has 82 valence electrons. The summed E-state index contributed by atoms with van der Waals surface area (Å²) in [4.78, 5) is 14.8. The van der Waals surface area contributed by atoms with E-state index in [4.69, 9.17) is 0 Å². The lowest BCUT2D eigenvalue weighted by atomic mass is 10.4. The van der Waals surface area contributed by atoms with Crippen molar-refractivity contribution in [3.05, 3.63) is 22.4 Å². The third-order valence-corrected chi connectivity index (χ3v) is 3.52. The van der Waals surface area contributed by atoms with Gasteiger partial charge < -0.3 is 10.2 Å². The summed E-state index contributed by atoms with van der Waals surface area (Å²) in [5, 5.41) is 5.22. The zero-order valence-electron chi connectivity index (χ0n) is 8.90. The monoisotopic (exact) mass is 224 g/mol. The van der Waals surface area contributed by atoms with Crippen molar-refractivity contribution < 1.29 is 4.79 Å². The lowest BCUT2D eigenvalue weighted by molar-refractivity contribution is -0.129. The van der Waals surface area contributed by atoms with E-state index in [0.717, 1.165) is 6.54 Å². The molecule has 0 atom stereocenters. The van der Waals surface area contributed by atoms with Gasteiger partial charge in [-0.1, -0.05) is 6.07 Å². The van der Waals surface area contributed by atoms with E-state index < -0.39 is 0 Å². The van der Waals surface area contributed by atoms with E-state index in [0.29, 0.717) is 12.6 Å². The van der Waals surface area contributed by atoms with Crippen LogP contribution in [0.4, 0.5) is 0 Å². The van der Waals surface area contributed by atoms with Crippen LogP contribution in [0.25, 0.3) is 0 Å². The van der Waals surface area contributed by atoms with Crippen molar-refractivity contribution in [1.29, 1.82) is 0 Å². The van der Waals surface area contributed by atoms with Crippen molar-refractivity contribution in [3.63, 3.8) is 0 Å². The second-order valence-corrected chi connectivity index (χ2v) is 4.95. The number of rotatable bonds is 5.